The van der Waals surface area contributed by atoms with Crippen molar-refractivity contribution in [1.82, 2.24) is 0 Å². The minimum Gasteiger partial charge on any atom is -0.381 e. The first kappa shape index (κ1) is 8.45. The van der Waals surface area contributed by atoms with Crippen LogP contribution in [0.2, 0.25) is 0 Å². The summed E-state index contributed by atoms with van der Waals surface area (Å²) in [6.45, 7) is 0. The molecule has 0 aromatic heterocycles. The molecule has 0 aromatic rings. The van der Waals surface area contributed by atoms with Crippen molar-refractivity contribution >= 4 is 11.6 Å². The van der Waals surface area contributed by atoms with E-state index < -0.39 is 0 Å². The van der Waals surface area contributed by atoms with Gasteiger partial charge in [-0.15, -0.1) is 11.6 Å². The SMILES string of the molecule is CO[C@H]1[C@@H]2CC[C@H]1[C@@H](N=O)[C@H]2Cl. The number of ether oxygens (including phenoxy) is 1. The van der Waals surface area contributed by atoms with Gasteiger partial charge in [-0.1, -0.05) is 5.18 Å². The quantitative estimate of drug-likeness (QED) is 0.491. The maximum Gasteiger partial charge on any atom is 0.114 e. The zero-order chi connectivity index (χ0) is 8.72. The number of rotatable bonds is 2. The minimum absolute atomic E-state index is 0.0915. The summed E-state index contributed by atoms with van der Waals surface area (Å²) in [5.41, 5.74) is 0. The number of alkyl halides is 1. The molecule has 2 fully saturated rings. The number of halogens is 1. The number of nitroso groups, excluding NO2 is 1. The average Bonchev–Trinajstić information content (AvgIpc) is 2.58. The minimum atomic E-state index is -0.213. The van der Waals surface area contributed by atoms with Gasteiger partial charge >= 0.3 is 0 Å². The van der Waals surface area contributed by atoms with Crippen LogP contribution in [0.1, 0.15) is 12.8 Å². The third-order valence-corrected chi connectivity index (χ3v) is 3.83. The molecule has 0 unspecified atom stereocenters. The molecule has 0 spiro atoms. The van der Waals surface area contributed by atoms with Crippen LogP contribution in [0, 0.1) is 16.7 Å². The Hall–Kier alpha value is -0.150. The molecule has 0 radical (unpaired) electrons. The summed E-state index contributed by atoms with van der Waals surface area (Å²) < 4.78 is 5.32. The van der Waals surface area contributed by atoms with Gasteiger partial charge < -0.3 is 4.74 Å². The Morgan fingerprint density at radius 2 is 2.08 bits per heavy atom. The first-order chi connectivity index (χ1) is 5.79. The molecule has 3 nitrogen and oxygen atoms in total. The smallest absolute Gasteiger partial charge is 0.114 e. The van der Waals surface area contributed by atoms with Gasteiger partial charge in [0.25, 0.3) is 0 Å². The maximum absolute atomic E-state index is 10.5. The van der Waals surface area contributed by atoms with Gasteiger partial charge in [0.05, 0.1) is 11.5 Å². The molecule has 2 aliphatic carbocycles. The lowest BCUT2D eigenvalue weighted by Gasteiger charge is -2.18. The number of methoxy groups -OCH3 is 1. The highest BCUT2D eigenvalue weighted by Gasteiger charge is 2.55. The lowest BCUT2D eigenvalue weighted by Crippen LogP contribution is -2.25. The lowest BCUT2D eigenvalue weighted by molar-refractivity contribution is 0.0651. The molecule has 2 rings (SSSR count). The fraction of sp³-hybridized carbons (Fsp3) is 1.00. The van der Waals surface area contributed by atoms with Crippen molar-refractivity contribution in [2.75, 3.05) is 7.11 Å². The average molecular weight is 190 g/mol. The Labute approximate surface area is 76.4 Å². The number of fused-ring (bicyclic) bond motifs is 2. The zero-order valence-electron chi connectivity index (χ0n) is 6.94. The molecule has 0 aromatic carbocycles. The summed E-state index contributed by atoms with van der Waals surface area (Å²) in [4.78, 5) is 10.5. The second-order valence-corrected chi connectivity index (χ2v) is 4.15. The van der Waals surface area contributed by atoms with Gasteiger partial charge in [-0.05, 0) is 12.8 Å². The zero-order valence-corrected chi connectivity index (χ0v) is 7.70. The molecule has 0 aliphatic heterocycles. The Morgan fingerprint density at radius 3 is 2.50 bits per heavy atom. The van der Waals surface area contributed by atoms with E-state index in [4.69, 9.17) is 16.3 Å². The summed E-state index contributed by atoms with van der Waals surface area (Å²) in [7, 11) is 1.69. The molecule has 0 N–H and O–H groups in total. The van der Waals surface area contributed by atoms with Crippen LogP contribution in [0.4, 0.5) is 0 Å². The Kier molecular flexibility index (Phi) is 2.09. The predicted octanol–water partition coefficient (Wildman–Crippen LogP) is 1.78. The third kappa shape index (κ3) is 0.927. The number of hydrogen-bond acceptors (Lipinski definition) is 3. The van der Waals surface area contributed by atoms with Crippen LogP contribution in [0.3, 0.4) is 0 Å². The van der Waals surface area contributed by atoms with E-state index in [0.29, 0.717) is 5.92 Å². The molecule has 2 aliphatic rings. The molecular weight excluding hydrogens is 178 g/mol. The molecule has 12 heavy (non-hydrogen) atoms. The van der Waals surface area contributed by atoms with E-state index in [1.165, 1.54) is 0 Å². The van der Waals surface area contributed by atoms with Crippen LogP contribution in [-0.4, -0.2) is 24.6 Å². The van der Waals surface area contributed by atoms with E-state index in [9.17, 15) is 4.91 Å². The van der Waals surface area contributed by atoms with E-state index in [2.05, 4.69) is 5.18 Å². The van der Waals surface area contributed by atoms with Crippen LogP contribution >= 0.6 is 11.6 Å². The summed E-state index contributed by atoms with van der Waals surface area (Å²) in [5.74, 6) is 0.629. The molecule has 0 amide bonds. The van der Waals surface area contributed by atoms with E-state index in [1.54, 1.807) is 7.11 Å². The van der Waals surface area contributed by atoms with Crippen molar-refractivity contribution in [3.05, 3.63) is 4.91 Å². The largest absolute Gasteiger partial charge is 0.381 e. The van der Waals surface area contributed by atoms with Crippen LogP contribution in [0.5, 0.6) is 0 Å². The van der Waals surface area contributed by atoms with Gasteiger partial charge in [0.15, 0.2) is 0 Å². The molecule has 2 bridgehead atoms. The fourth-order valence-electron chi connectivity index (χ4n) is 2.71. The van der Waals surface area contributed by atoms with Crippen LogP contribution in [0.25, 0.3) is 0 Å². The Bertz CT molecular complexity index is 199. The van der Waals surface area contributed by atoms with E-state index in [-0.39, 0.29) is 23.4 Å². The first-order valence-corrected chi connectivity index (χ1v) is 4.72. The summed E-state index contributed by atoms with van der Waals surface area (Å²) in [6, 6.07) is -0.213. The lowest BCUT2D eigenvalue weighted by atomic mass is 9.96. The first-order valence-electron chi connectivity index (χ1n) is 4.29. The van der Waals surface area contributed by atoms with Gasteiger partial charge in [-0.3, -0.25) is 0 Å². The van der Waals surface area contributed by atoms with Crippen LogP contribution in [-0.2, 0) is 4.74 Å². The van der Waals surface area contributed by atoms with Crippen molar-refractivity contribution < 1.29 is 4.74 Å². The fourth-order valence-corrected chi connectivity index (χ4v) is 3.21. The standard InChI is InChI=1S/C8H12ClNO2/c1-12-8-4-2-3-5(8)7(10-11)6(4)9/h4-8H,2-3H2,1H3/t4-,5+,6+,7-,8+/m1/s1. The van der Waals surface area contributed by atoms with Crippen molar-refractivity contribution in [3.63, 3.8) is 0 Å². The predicted molar refractivity (Wildman–Crippen MR) is 46.2 cm³/mol. The molecule has 0 heterocycles. The Balaban J connectivity index is 2.20. The van der Waals surface area contributed by atoms with Gasteiger partial charge in [0, 0.05) is 18.9 Å². The van der Waals surface area contributed by atoms with Gasteiger partial charge in [-0.25, -0.2) is 0 Å². The molecule has 4 heteroatoms. The maximum atomic E-state index is 10.5. The normalized spacial score (nSPS) is 51.3. The highest BCUT2D eigenvalue weighted by molar-refractivity contribution is 6.21. The van der Waals surface area contributed by atoms with Crippen LogP contribution < -0.4 is 0 Å². The Morgan fingerprint density at radius 1 is 1.42 bits per heavy atom. The van der Waals surface area contributed by atoms with E-state index in [1.807, 2.05) is 0 Å². The summed E-state index contributed by atoms with van der Waals surface area (Å²) in [6.07, 6.45) is 2.31. The monoisotopic (exact) mass is 189 g/mol. The highest BCUT2D eigenvalue weighted by Crippen LogP contribution is 2.49. The molecule has 2 saturated carbocycles. The van der Waals surface area contributed by atoms with Gasteiger partial charge in [-0.2, -0.15) is 4.91 Å². The topological polar surface area (TPSA) is 38.7 Å². The van der Waals surface area contributed by atoms with Crippen LogP contribution in [0.15, 0.2) is 5.18 Å². The van der Waals surface area contributed by atoms with Crippen molar-refractivity contribution in [1.29, 1.82) is 0 Å². The van der Waals surface area contributed by atoms with Crippen molar-refractivity contribution in [2.24, 2.45) is 17.0 Å². The molecule has 0 saturated heterocycles. The second kappa shape index (κ2) is 2.96. The molecule has 68 valence electrons. The van der Waals surface area contributed by atoms with Crippen molar-refractivity contribution in [2.45, 2.75) is 30.4 Å². The third-order valence-electron chi connectivity index (χ3n) is 3.25. The number of nitrogens with zero attached hydrogens (tertiary/aromatic N) is 1. The molecular formula is C8H12ClNO2. The van der Waals surface area contributed by atoms with Gasteiger partial charge in [0.1, 0.15) is 6.04 Å². The summed E-state index contributed by atoms with van der Waals surface area (Å²) >= 11 is 6.07. The second-order valence-electron chi connectivity index (χ2n) is 3.65. The number of hydrogen-bond donors (Lipinski definition) is 0. The van der Waals surface area contributed by atoms with Gasteiger partial charge in [0.2, 0.25) is 0 Å². The van der Waals surface area contributed by atoms with E-state index in [0.717, 1.165) is 12.8 Å². The molecule has 5 atom stereocenters. The highest BCUT2D eigenvalue weighted by atomic mass is 35.5. The summed E-state index contributed by atoms with van der Waals surface area (Å²) in [5, 5.41) is 3.00. The van der Waals surface area contributed by atoms with E-state index >= 15 is 0 Å². The van der Waals surface area contributed by atoms with Crippen molar-refractivity contribution in [3.8, 4) is 0 Å².